The number of aromatic amines is 1. The summed E-state index contributed by atoms with van der Waals surface area (Å²) in [7, 11) is 0. The number of H-pyrrole nitrogens is 1. The van der Waals surface area contributed by atoms with Gasteiger partial charge in [-0.2, -0.15) is 5.10 Å². The molecule has 0 bridgehead atoms. The SMILES string of the molecule is CC(c1[nH]nc(N)c1-c1ccccc1)C1CC1. The maximum Gasteiger partial charge on any atom is 0.153 e. The Hall–Kier alpha value is -1.77. The van der Waals surface area contributed by atoms with Crippen molar-refractivity contribution in [2.24, 2.45) is 5.92 Å². The maximum atomic E-state index is 5.99. The van der Waals surface area contributed by atoms with Crippen LogP contribution in [-0.2, 0) is 0 Å². The molecule has 1 aliphatic carbocycles. The summed E-state index contributed by atoms with van der Waals surface area (Å²) in [6.45, 7) is 2.26. The second kappa shape index (κ2) is 3.91. The first-order chi connectivity index (χ1) is 8.27. The molecule has 0 amide bonds. The van der Waals surface area contributed by atoms with Crippen LogP contribution in [0.5, 0.6) is 0 Å². The molecule has 88 valence electrons. The zero-order valence-electron chi connectivity index (χ0n) is 9.98. The summed E-state index contributed by atoms with van der Waals surface area (Å²) >= 11 is 0. The van der Waals surface area contributed by atoms with E-state index in [-0.39, 0.29) is 0 Å². The Morgan fingerprint density at radius 3 is 2.65 bits per heavy atom. The number of nitrogens with two attached hydrogens (primary N) is 1. The van der Waals surface area contributed by atoms with Gasteiger partial charge >= 0.3 is 0 Å². The predicted molar refractivity (Wildman–Crippen MR) is 69.6 cm³/mol. The molecular formula is C14H17N3. The first-order valence-electron chi connectivity index (χ1n) is 6.16. The summed E-state index contributed by atoms with van der Waals surface area (Å²) in [4.78, 5) is 0. The molecule has 1 aliphatic rings. The fourth-order valence-electron chi connectivity index (χ4n) is 2.44. The lowest BCUT2D eigenvalue weighted by Gasteiger charge is -2.11. The van der Waals surface area contributed by atoms with Crippen molar-refractivity contribution in [2.75, 3.05) is 5.73 Å². The Kier molecular flexibility index (Phi) is 2.39. The molecule has 3 nitrogen and oxygen atoms in total. The van der Waals surface area contributed by atoms with E-state index in [9.17, 15) is 0 Å². The van der Waals surface area contributed by atoms with Crippen molar-refractivity contribution in [3.8, 4) is 11.1 Å². The van der Waals surface area contributed by atoms with Crippen molar-refractivity contribution >= 4 is 5.82 Å². The quantitative estimate of drug-likeness (QED) is 0.846. The van der Waals surface area contributed by atoms with E-state index in [0.717, 1.165) is 17.0 Å². The van der Waals surface area contributed by atoms with E-state index in [1.807, 2.05) is 18.2 Å². The Morgan fingerprint density at radius 2 is 2.00 bits per heavy atom. The lowest BCUT2D eigenvalue weighted by atomic mass is 9.95. The molecule has 1 saturated carbocycles. The van der Waals surface area contributed by atoms with Gasteiger partial charge in [0.05, 0.1) is 0 Å². The van der Waals surface area contributed by atoms with Crippen LogP contribution in [0.25, 0.3) is 11.1 Å². The molecular weight excluding hydrogens is 210 g/mol. The number of rotatable bonds is 3. The van der Waals surface area contributed by atoms with Crippen molar-refractivity contribution in [2.45, 2.75) is 25.7 Å². The summed E-state index contributed by atoms with van der Waals surface area (Å²) in [6, 6.07) is 10.3. The molecule has 1 atom stereocenters. The van der Waals surface area contributed by atoms with Crippen LogP contribution in [-0.4, -0.2) is 10.2 Å². The predicted octanol–water partition coefficient (Wildman–Crippen LogP) is 3.17. The number of hydrogen-bond donors (Lipinski definition) is 2. The van der Waals surface area contributed by atoms with Crippen LogP contribution in [0.15, 0.2) is 30.3 Å². The highest BCUT2D eigenvalue weighted by Crippen LogP contribution is 2.45. The molecule has 17 heavy (non-hydrogen) atoms. The van der Waals surface area contributed by atoms with Gasteiger partial charge in [0.1, 0.15) is 0 Å². The molecule has 3 rings (SSSR count). The fraction of sp³-hybridized carbons (Fsp3) is 0.357. The summed E-state index contributed by atoms with van der Waals surface area (Å²) in [6.07, 6.45) is 2.66. The summed E-state index contributed by atoms with van der Waals surface area (Å²) in [5.41, 5.74) is 9.42. The van der Waals surface area contributed by atoms with E-state index in [4.69, 9.17) is 5.73 Å². The molecule has 0 radical (unpaired) electrons. The molecule has 0 aliphatic heterocycles. The third-order valence-electron chi connectivity index (χ3n) is 3.67. The third-order valence-corrected chi connectivity index (χ3v) is 3.67. The number of nitrogens with zero attached hydrogens (tertiary/aromatic N) is 1. The molecule has 2 aromatic rings. The molecule has 1 aromatic heterocycles. The Bertz CT molecular complexity index is 512. The van der Waals surface area contributed by atoms with Crippen molar-refractivity contribution in [3.05, 3.63) is 36.0 Å². The van der Waals surface area contributed by atoms with Crippen LogP contribution in [0.2, 0.25) is 0 Å². The van der Waals surface area contributed by atoms with Gasteiger partial charge < -0.3 is 5.73 Å². The minimum atomic E-state index is 0.523. The normalized spacial score (nSPS) is 17.0. The highest BCUT2D eigenvalue weighted by atomic mass is 15.2. The Balaban J connectivity index is 2.06. The monoisotopic (exact) mass is 227 g/mol. The van der Waals surface area contributed by atoms with Gasteiger partial charge in [-0.3, -0.25) is 5.10 Å². The number of nitrogens with one attached hydrogen (secondary N) is 1. The first-order valence-corrected chi connectivity index (χ1v) is 6.16. The minimum Gasteiger partial charge on any atom is -0.382 e. The van der Waals surface area contributed by atoms with Crippen LogP contribution in [0, 0.1) is 5.92 Å². The van der Waals surface area contributed by atoms with Crippen LogP contribution in [0.1, 0.15) is 31.4 Å². The molecule has 0 saturated heterocycles. The zero-order chi connectivity index (χ0) is 11.8. The lowest BCUT2D eigenvalue weighted by Crippen LogP contribution is -1.99. The molecule has 3 heteroatoms. The van der Waals surface area contributed by atoms with Crippen LogP contribution >= 0.6 is 0 Å². The summed E-state index contributed by atoms with van der Waals surface area (Å²) < 4.78 is 0. The minimum absolute atomic E-state index is 0.523. The van der Waals surface area contributed by atoms with Crippen LogP contribution in [0.4, 0.5) is 5.82 Å². The van der Waals surface area contributed by atoms with E-state index in [1.54, 1.807) is 0 Å². The maximum absolute atomic E-state index is 5.99. The van der Waals surface area contributed by atoms with Gasteiger partial charge in [0.15, 0.2) is 5.82 Å². The molecule has 3 N–H and O–H groups in total. The number of hydrogen-bond acceptors (Lipinski definition) is 2. The van der Waals surface area contributed by atoms with Crippen molar-refractivity contribution in [1.82, 2.24) is 10.2 Å². The van der Waals surface area contributed by atoms with E-state index >= 15 is 0 Å². The van der Waals surface area contributed by atoms with Crippen LogP contribution in [0.3, 0.4) is 0 Å². The van der Waals surface area contributed by atoms with Gasteiger partial charge in [-0.1, -0.05) is 37.3 Å². The third kappa shape index (κ3) is 1.82. The van der Waals surface area contributed by atoms with E-state index in [1.165, 1.54) is 18.5 Å². The molecule has 1 heterocycles. The van der Waals surface area contributed by atoms with E-state index in [0.29, 0.717) is 11.7 Å². The van der Waals surface area contributed by atoms with E-state index in [2.05, 4.69) is 29.3 Å². The first kappa shape index (κ1) is 10.4. The molecule has 1 fully saturated rings. The smallest absolute Gasteiger partial charge is 0.153 e. The zero-order valence-corrected chi connectivity index (χ0v) is 9.98. The fourth-order valence-corrected chi connectivity index (χ4v) is 2.44. The topological polar surface area (TPSA) is 54.7 Å². The number of aromatic nitrogens is 2. The van der Waals surface area contributed by atoms with E-state index < -0.39 is 0 Å². The van der Waals surface area contributed by atoms with Gasteiger partial charge in [0.2, 0.25) is 0 Å². The highest BCUT2D eigenvalue weighted by Gasteiger charge is 2.32. The van der Waals surface area contributed by atoms with Crippen molar-refractivity contribution in [1.29, 1.82) is 0 Å². The average molecular weight is 227 g/mol. The van der Waals surface area contributed by atoms with Crippen molar-refractivity contribution < 1.29 is 0 Å². The summed E-state index contributed by atoms with van der Waals surface area (Å²) in [5.74, 6) is 1.94. The number of nitrogen functional groups attached to an aromatic ring is 1. The lowest BCUT2D eigenvalue weighted by molar-refractivity contribution is 0.642. The van der Waals surface area contributed by atoms with Crippen LogP contribution < -0.4 is 5.73 Å². The largest absolute Gasteiger partial charge is 0.382 e. The number of anilines is 1. The standard InChI is InChI=1S/C14H17N3/c1-9(10-7-8-10)13-12(14(15)17-16-13)11-5-3-2-4-6-11/h2-6,9-10H,7-8H2,1H3,(H3,15,16,17). The summed E-state index contributed by atoms with van der Waals surface area (Å²) in [5, 5.41) is 7.30. The van der Waals surface area contributed by atoms with Gasteiger partial charge in [0.25, 0.3) is 0 Å². The Morgan fingerprint density at radius 1 is 1.29 bits per heavy atom. The molecule has 1 aromatic carbocycles. The van der Waals surface area contributed by atoms with Gasteiger partial charge in [0, 0.05) is 17.2 Å². The molecule has 0 spiro atoms. The molecule has 1 unspecified atom stereocenters. The highest BCUT2D eigenvalue weighted by molar-refractivity contribution is 5.76. The van der Waals surface area contributed by atoms with Gasteiger partial charge in [-0.15, -0.1) is 0 Å². The number of benzene rings is 1. The Labute approximate surface area is 101 Å². The van der Waals surface area contributed by atoms with Gasteiger partial charge in [-0.25, -0.2) is 0 Å². The average Bonchev–Trinajstić information content (AvgIpc) is 3.13. The van der Waals surface area contributed by atoms with Crippen molar-refractivity contribution in [3.63, 3.8) is 0 Å². The second-order valence-corrected chi connectivity index (χ2v) is 4.89. The second-order valence-electron chi connectivity index (χ2n) is 4.89. The van der Waals surface area contributed by atoms with Gasteiger partial charge in [-0.05, 0) is 24.3 Å².